The molecule has 0 heterocycles. The zero-order chi connectivity index (χ0) is 16.8. The molecule has 3 N–H and O–H groups in total. The van der Waals surface area contributed by atoms with E-state index in [1.165, 1.54) is 0 Å². The van der Waals surface area contributed by atoms with Gasteiger partial charge in [0.15, 0.2) is 0 Å². The van der Waals surface area contributed by atoms with Crippen LogP contribution >= 0.6 is 0 Å². The second-order valence-electron chi connectivity index (χ2n) is 6.24. The first kappa shape index (κ1) is 19.4. The van der Waals surface area contributed by atoms with Gasteiger partial charge in [0, 0.05) is 12.0 Å². The van der Waals surface area contributed by atoms with Crippen LogP contribution in [0.25, 0.3) is 0 Å². The molecule has 0 saturated carbocycles. The summed E-state index contributed by atoms with van der Waals surface area (Å²) in [5.41, 5.74) is -0.735. The average molecular weight is 301 g/mol. The number of carbonyl (C=O) groups is 2. The van der Waals surface area contributed by atoms with E-state index in [2.05, 4.69) is 11.9 Å². The van der Waals surface area contributed by atoms with Crippen molar-refractivity contribution in [1.82, 2.24) is 5.32 Å². The third kappa shape index (κ3) is 7.70. The summed E-state index contributed by atoms with van der Waals surface area (Å²) in [4.78, 5) is 22.6. The quantitative estimate of drug-likeness (QED) is 0.627. The Balaban J connectivity index is 4.84. The topological polar surface area (TPSA) is 95.9 Å². The van der Waals surface area contributed by atoms with Crippen molar-refractivity contribution in [3.05, 3.63) is 12.2 Å². The van der Waals surface area contributed by atoms with Gasteiger partial charge >= 0.3 is 12.1 Å². The summed E-state index contributed by atoms with van der Waals surface area (Å²) in [5, 5.41) is 21.6. The molecule has 0 aliphatic rings. The molecule has 0 saturated heterocycles. The summed E-state index contributed by atoms with van der Waals surface area (Å²) in [7, 11) is 0. The normalized spacial score (nSPS) is 15.7. The molecule has 0 aliphatic heterocycles. The van der Waals surface area contributed by atoms with Crippen LogP contribution in [0.15, 0.2) is 12.2 Å². The van der Waals surface area contributed by atoms with Crippen molar-refractivity contribution in [2.24, 2.45) is 5.92 Å². The van der Waals surface area contributed by atoms with E-state index in [1.54, 1.807) is 20.8 Å². The molecule has 0 aromatic rings. The number of hydrogen-bond donors (Lipinski definition) is 3. The molecule has 0 aliphatic carbocycles. The van der Waals surface area contributed by atoms with Crippen LogP contribution in [0.2, 0.25) is 0 Å². The summed E-state index contributed by atoms with van der Waals surface area (Å²) >= 11 is 0. The fraction of sp³-hybridized carbons (Fsp3) is 0.733. The van der Waals surface area contributed by atoms with Gasteiger partial charge in [0.1, 0.15) is 5.60 Å². The highest BCUT2D eigenvalue weighted by Gasteiger charge is 2.29. The van der Waals surface area contributed by atoms with E-state index in [4.69, 9.17) is 9.84 Å². The average Bonchev–Trinajstić information content (AvgIpc) is 2.32. The summed E-state index contributed by atoms with van der Waals surface area (Å²) in [5.74, 6) is -1.19. The lowest BCUT2D eigenvalue weighted by Gasteiger charge is -2.30. The van der Waals surface area contributed by atoms with Crippen LogP contribution in [0.3, 0.4) is 0 Å². The molecular formula is C15H27NO5. The lowest BCUT2D eigenvalue weighted by molar-refractivity contribution is -0.133. The van der Waals surface area contributed by atoms with Crippen LogP contribution in [-0.2, 0) is 9.53 Å². The van der Waals surface area contributed by atoms with Gasteiger partial charge in [-0.2, -0.15) is 0 Å². The Kier molecular flexibility index (Phi) is 7.43. The zero-order valence-corrected chi connectivity index (χ0v) is 13.5. The number of nitrogens with one attached hydrogen (secondary N) is 1. The molecule has 6 nitrogen and oxygen atoms in total. The molecular weight excluding hydrogens is 274 g/mol. The van der Waals surface area contributed by atoms with Gasteiger partial charge in [-0.1, -0.05) is 26.8 Å². The Morgan fingerprint density at radius 3 is 2.24 bits per heavy atom. The van der Waals surface area contributed by atoms with Gasteiger partial charge in [0.25, 0.3) is 0 Å². The number of aliphatic carboxylic acids is 1. The van der Waals surface area contributed by atoms with Crippen molar-refractivity contribution in [3.63, 3.8) is 0 Å². The van der Waals surface area contributed by atoms with E-state index in [9.17, 15) is 14.7 Å². The van der Waals surface area contributed by atoms with Crippen molar-refractivity contribution in [3.8, 4) is 0 Å². The molecule has 1 amide bonds. The van der Waals surface area contributed by atoms with Crippen LogP contribution in [0.1, 0.15) is 47.5 Å². The maximum atomic E-state index is 11.8. The summed E-state index contributed by atoms with van der Waals surface area (Å²) < 4.78 is 5.17. The Morgan fingerprint density at radius 2 is 1.86 bits per heavy atom. The van der Waals surface area contributed by atoms with Gasteiger partial charge in [-0.25, -0.2) is 9.59 Å². The van der Waals surface area contributed by atoms with Gasteiger partial charge in [0.05, 0.1) is 12.1 Å². The highest BCUT2D eigenvalue weighted by atomic mass is 16.6. The van der Waals surface area contributed by atoms with Crippen LogP contribution in [0, 0.1) is 5.92 Å². The minimum absolute atomic E-state index is 0.0332. The summed E-state index contributed by atoms with van der Waals surface area (Å²) in [6, 6.07) is -0.596. The monoisotopic (exact) mass is 301 g/mol. The molecule has 3 atom stereocenters. The first-order valence-corrected chi connectivity index (χ1v) is 7.06. The molecule has 0 radical (unpaired) electrons. The number of aliphatic hydroxyl groups is 1. The molecule has 0 rings (SSSR count). The Hall–Kier alpha value is -1.56. The van der Waals surface area contributed by atoms with Gasteiger partial charge < -0.3 is 20.3 Å². The maximum Gasteiger partial charge on any atom is 0.407 e. The third-order valence-corrected chi connectivity index (χ3v) is 3.11. The van der Waals surface area contributed by atoms with Gasteiger partial charge in [0.2, 0.25) is 0 Å². The molecule has 122 valence electrons. The first-order valence-electron chi connectivity index (χ1n) is 7.06. The smallest absolute Gasteiger partial charge is 0.407 e. The lowest BCUT2D eigenvalue weighted by Crippen LogP contribution is -2.49. The SMILES string of the molecule is C=C(C[C@H](O)[C@@H](NC(=O)OC(C)(C)C)[C@@H](C)CC)C(=O)O. The van der Waals surface area contributed by atoms with Gasteiger partial charge in [-0.15, -0.1) is 0 Å². The van der Waals surface area contributed by atoms with Crippen LogP contribution in [-0.4, -0.2) is 40.0 Å². The maximum absolute atomic E-state index is 11.8. The van der Waals surface area contributed by atoms with Crippen LogP contribution in [0.5, 0.6) is 0 Å². The number of rotatable bonds is 7. The Bertz CT molecular complexity index is 386. The number of hydrogen-bond acceptors (Lipinski definition) is 4. The largest absolute Gasteiger partial charge is 0.478 e. The first-order chi connectivity index (χ1) is 9.47. The Morgan fingerprint density at radius 1 is 1.33 bits per heavy atom. The van der Waals surface area contributed by atoms with E-state index < -0.39 is 29.8 Å². The number of carboxylic acids is 1. The van der Waals surface area contributed by atoms with Gasteiger partial charge in [-0.3, -0.25) is 0 Å². The standard InChI is InChI=1S/C15H27NO5/c1-7-9(2)12(11(17)8-10(3)13(18)19)16-14(20)21-15(4,5)6/h9,11-12,17H,3,7-8H2,1-2,4-6H3,(H,16,20)(H,18,19)/t9-,11-,12-/m0/s1. The third-order valence-electron chi connectivity index (χ3n) is 3.11. The van der Waals surface area contributed by atoms with E-state index in [0.29, 0.717) is 0 Å². The minimum atomic E-state index is -1.16. The second kappa shape index (κ2) is 8.02. The second-order valence-corrected chi connectivity index (χ2v) is 6.24. The molecule has 21 heavy (non-hydrogen) atoms. The molecule has 6 heteroatoms. The number of amides is 1. The number of ether oxygens (including phenoxy) is 1. The molecule has 0 spiro atoms. The van der Waals surface area contributed by atoms with E-state index in [0.717, 1.165) is 6.42 Å². The highest BCUT2D eigenvalue weighted by Crippen LogP contribution is 2.17. The molecule has 0 unspecified atom stereocenters. The van der Waals surface area contributed by atoms with Crippen molar-refractivity contribution in [1.29, 1.82) is 0 Å². The van der Waals surface area contributed by atoms with E-state index >= 15 is 0 Å². The predicted molar refractivity (Wildman–Crippen MR) is 80.0 cm³/mol. The molecule has 0 aromatic heterocycles. The number of alkyl carbamates (subject to hydrolysis) is 1. The van der Waals surface area contributed by atoms with E-state index in [1.807, 2.05) is 13.8 Å². The fourth-order valence-corrected chi connectivity index (χ4v) is 1.78. The number of carboxylic acid groups (broad SMARTS) is 1. The number of aliphatic hydroxyl groups excluding tert-OH is 1. The summed E-state index contributed by atoms with van der Waals surface area (Å²) in [6.07, 6.45) is -1.05. The van der Waals surface area contributed by atoms with Crippen molar-refractivity contribution < 1.29 is 24.5 Å². The summed E-state index contributed by atoms with van der Waals surface area (Å²) in [6.45, 7) is 12.4. The lowest BCUT2D eigenvalue weighted by atomic mass is 9.91. The van der Waals surface area contributed by atoms with E-state index in [-0.39, 0.29) is 17.9 Å². The van der Waals surface area contributed by atoms with Crippen molar-refractivity contribution >= 4 is 12.1 Å². The minimum Gasteiger partial charge on any atom is -0.478 e. The molecule has 0 aromatic carbocycles. The molecule has 0 fully saturated rings. The van der Waals surface area contributed by atoms with Gasteiger partial charge in [-0.05, 0) is 26.7 Å². The Labute approximate surface area is 126 Å². The van der Waals surface area contributed by atoms with Crippen LogP contribution in [0.4, 0.5) is 4.79 Å². The van der Waals surface area contributed by atoms with Crippen molar-refractivity contribution in [2.75, 3.05) is 0 Å². The predicted octanol–water partition coefficient (Wildman–Crippen LogP) is 2.32. The molecule has 0 bridgehead atoms. The number of carbonyl (C=O) groups excluding carboxylic acids is 1. The fourth-order valence-electron chi connectivity index (χ4n) is 1.78. The van der Waals surface area contributed by atoms with Crippen molar-refractivity contribution in [2.45, 2.75) is 65.2 Å². The zero-order valence-electron chi connectivity index (χ0n) is 13.5. The highest BCUT2D eigenvalue weighted by molar-refractivity contribution is 5.85. The van der Waals surface area contributed by atoms with Crippen LogP contribution < -0.4 is 5.32 Å².